The van der Waals surface area contributed by atoms with Crippen LogP contribution in [0.1, 0.15) is 6.42 Å². The molecule has 1 amide bonds. The third-order valence-corrected chi connectivity index (χ3v) is 2.89. The molecule has 0 radical (unpaired) electrons. The van der Waals surface area contributed by atoms with Crippen molar-refractivity contribution in [3.05, 3.63) is 0 Å². The van der Waals surface area contributed by atoms with Crippen molar-refractivity contribution in [3.8, 4) is 0 Å². The number of amidine groups is 1. The van der Waals surface area contributed by atoms with Crippen LogP contribution in [0.15, 0.2) is 4.99 Å². The van der Waals surface area contributed by atoms with E-state index in [9.17, 15) is 4.79 Å². The second-order valence-corrected chi connectivity index (χ2v) is 3.70. The number of aliphatic imine (C=N–C) groups is 1. The maximum absolute atomic E-state index is 11.4. The van der Waals surface area contributed by atoms with Gasteiger partial charge in [0.1, 0.15) is 0 Å². The van der Waals surface area contributed by atoms with Crippen molar-refractivity contribution in [1.29, 1.82) is 0 Å². The Balaban J connectivity index is 2.26. The van der Waals surface area contributed by atoms with Crippen LogP contribution in [-0.4, -0.2) is 35.3 Å². The predicted molar refractivity (Wildman–Crippen MR) is 45.6 cm³/mol. The highest BCUT2D eigenvalue weighted by molar-refractivity contribution is 8.13. The average molecular weight is 170 g/mol. The number of nitrogens with zero attached hydrogens (tertiary/aromatic N) is 2. The van der Waals surface area contributed by atoms with E-state index in [1.807, 2.05) is 6.26 Å². The van der Waals surface area contributed by atoms with Gasteiger partial charge in [-0.3, -0.25) is 14.7 Å². The molecule has 0 aromatic rings. The molecule has 2 unspecified atom stereocenters. The van der Waals surface area contributed by atoms with Crippen LogP contribution in [0.3, 0.4) is 0 Å². The first-order valence-corrected chi connectivity index (χ1v) is 4.86. The van der Waals surface area contributed by atoms with E-state index in [0.717, 1.165) is 11.6 Å². The van der Waals surface area contributed by atoms with Crippen LogP contribution in [-0.2, 0) is 4.79 Å². The van der Waals surface area contributed by atoms with Crippen LogP contribution in [0.4, 0.5) is 0 Å². The molecular formula is C7H10N2OS. The summed E-state index contributed by atoms with van der Waals surface area (Å²) < 4.78 is 0. The van der Waals surface area contributed by atoms with E-state index in [2.05, 4.69) is 4.99 Å². The van der Waals surface area contributed by atoms with Gasteiger partial charge in [-0.15, -0.1) is 0 Å². The molecule has 1 heterocycles. The molecule has 1 fully saturated rings. The molecule has 0 bridgehead atoms. The van der Waals surface area contributed by atoms with E-state index in [4.69, 9.17) is 0 Å². The maximum Gasteiger partial charge on any atom is 0.233 e. The monoisotopic (exact) mass is 170 g/mol. The number of hydrogen-bond donors (Lipinski definition) is 0. The number of rotatable bonds is 0. The Labute approximate surface area is 69.9 Å². The summed E-state index contributed by atoms with van der Waals surface area (Å²) in [6, 6.07) is 0.321. The lowest BCUT2D eigenvalue weighted by molar-refractivity contribution is -0.128. The van der Waals surface area contributed by atoms with Crippen molar-refractivity contribution in [2.45, 2.75) is 12.5 Å². The van der Waals surface area contributed by atoms with Gasteiger partial charge in [0.2, 0.25) is 5.91 Å². The molecule has 3 nitrogen and oxygen atoms in total. The molecule has 0 aromatic carbocycles. The molecule has 1 aliphatic heterocycles. The highest BCUT2D eigenvalue weighted by Gasteiger charge is 2.48. The minimum atomic E-state index is 0.218. The SMILES string of the molecule is CSC1=NC2CC2C(=O)N1C. The van der Waals surface area contributed by atoms with E-state index in [1.165, 1.54) is 0 Å². The lowest BCUT2D eigenvalue weighted by Gasteiger charge is -2.20. The number of hydrogen-bond acceptors (Lipinski definition) is 3. The summed E-state index contributed by atoms with van der Waals surface area (Å²) in [5.74, 6) is 0.463. The van der Waals surface area contributed by atoms with Crippen LogP contribution in [0.5, 0.6) is 0 Å². The zero-order chi connectivity index (χ0) is 8.01. The molecule has 1 aliphatic carbocycles. The molecule has 1 saturated carbocycles. The molecule has 0 spiro atoms. The van der Waals surface area contributed by atoms with Crippen LogP contribution < -0.4 is 0 Å². The van der Waals surface area contributed by atoms with E-state index >= 15 is 0 Å². The highest BCUT2D eigenvalue weighted by Crippen LogP contribution is 2.39. The Bertz CT molecular complexity index is 239. The lowest BCUT2D eigenvalue weighted by atomic mass is 10.3. The summed E-state index contributed by atoms with van der Waals surface area (Å²) in [5, 5.41) is 0.869. The van der Waals surface area contributed by atoms with Gasteiger partial charge in [0.05, 0.1) is 12.0 Å². The molecule has 2 aliphatic rings. The first kappa shape index (κ1) is 7.16. The summed E-state index contributed by atoms with van der Waals surface area (Å²) in [6.07, 6.45) is 2.92. The molecule has 0 aromatic heterocycles. The van der Waals surface area contributed by atoms with Crippen molar-refractivity contribution in [1.82, 2.24) is 4.90 Å². The number of carbonyl (C=O) groups is 1. The molecule has 2 atom stereocenters. The Morgan fingerprint density at radius 3 is 3.09 bits per heavy atom. The molecule has 0 saturated heterocycles. The predicted octanol–water partition coefficient (Wildman–Crippen LogP) is 0.566. The Kier molecular flexibility index (Phi) is 1.45. The highest BCUT2D eigenvalue weighted by atomic mass is 32.2. The third-order valence-electron chi connectivity index (χ3n) is 2.15. The fourth-order valence-corrected chi connectivity index (χ4v) is 1.96. The molecule has 0 N–H and O–H groups in total. The van der Waals surface area contributed by atoms with Crippen LogP contribution in [0, 0.1) is 5.92 Å². The summed E-state index contributed by atoms with van der Waals surface area (Å²) in [5.41, 5.74) is 0. The molecule has 2 rings (SSSR count). The van der Waals surface area contributed by atoms with Gasteiger partial charge < -0.3 is 0 Å². The molecule has 11 heavy (non-hydrogen) atoms. The van der Waals surface area contributed by atoms with Crippen LogP contribution in [0.25, 0.3) is 0 Å². The largest absolute Gasteiger partial charge is 0.294 e. The Morgan fingerprint density at radius 1 is 1.73 bits per heavy atom. The summed E-state index contributed by atoms with van der Waals surface area (Å²) in [6.45, 7) is 0. The van der Waals surface area contributed by atoms with E-state index < -0.39 is 0 Å². The third kappa shape index (κ3) is 0.965. The normalized spacial score (nSPS) is 34.9. The number of thioether (sulfide) groups is 1. The number of amides is 1. The summed E-state index contributed by atoms with van der Waals surface area (Å²) >= 11 is 1.54. The quantitative estimate of drug-likeness (QED) is 0.532. The standard InChI is InChI=1S/C7H10N2OS/c1-9-6(10)4-3-5(4)8-7(9)11-2/h4-5H,3H2,1-2H3. The second-order valence-electron chi connectivity index (χ2n) is 2.92. The van der Waals surface area contributed by atoms with Gasteiger partial charge in [-0.05, 0) is 12.7 Å². The van der Waals surface area contributed by atoms with E-state index in [1.54, 1.807) is 23.7 Å². The van der Waals surface area contributed by atoms with Gasteiger partial charge in [-0.1, -0.05) is 11.8 Å². The minimum absolute atomic E-state index is 0.218. The Hall–Kier alpha value is -0.510. The van der Waals surface area contributed by atoms with Gasteiger partial charge in [-0.25, -0.2) is 0 Å². The van der Waals surface area contributed by atoms with Gasteiger partial charge in [0, 0.05) is 7.05 Å². The van der Waals surface area contributed by atoms with Crippen molar-refractivity contribution < 1.29 is 4.79 Å². The van der Waals surface area contributed by atoms with E-state index in [-0.39, 0.29) is 11.8 Å². The minimum Gasteiger partial charge on any atom is -0.294 e. The van der Waals surface area contributed by atoms with Crippen molar-refractivity contribution in [3.63, 3.8) is 0 Å². The summed E-state index contributed by atoms with van der Waals surface area (Å²) in [4.78, 5) is 17.4. The van der Waals surface area contributed by atoms with E-state index in [0.29, 0.717) is 6.04 Å². The molecule has 4 heteroatoms. The maximum atomic E-state index is 11.4. The summed E-state index contributed by atoms with van der Waals surface area (Å²) in [7, 11) is 1.80. The number of fused-ring (bicyclic) bond motifs is 1. The molecular weight excluding hydrogens is 160 g/mol. The number of carbonyl (C=O) groups excluding carboxylic acids is 1. The first-order valence-electron chi connectivity index (χ1n) is 3.63. The topological polar surface area (TPSA) is 32.7 Å². The molecule has 60 valence electrons. The van der Waals surface area contributed by atoms with Crippen LogP contribution in [0.2, 0.25) is 0 Å². The fraction of sp³-hybridized carbons (Fsp3) is 0.714. The second kappa shape index (κ2) is 2.24. The Morgan fingerprint density at radius 2 is 2.45 bits per heavy atom. The van der Waals surface area contributed by atoms with Gasteiger partial charge >= 0.3 is 0 Å². The van der Waals surface area contributed by atoms with Crippen molar-refractivity contribution in [2.24, 2.45) is 10.9 Å². The fourth-order valence-electron chi connectivity index (χ4n) is 1.35. The van der Waals surface area contributed by atoms with Gasteiger partial charge in [0.15, 0.2) is 5.17 Å². The smallest absolute Gasteiger partial charge is 0.233 e. The van der Waals surface area contributed by atoms with Gasteiger partial charge in [0.25, 0.3) is 0 Å². The zero-order valence-corrected chi connectivity index (χ0v) is 7.39. The van der Waals surface area contributed by atoms with Crippen molar-refractivity contribution in [2.75, 3.05) is 13.3 Å². The first-order chi connectivity index (χ1) is 5.24. The average Bonchev–Trinajstić information content (AvgIpc) is 2.75. The lowest BCUT2D eigenvalue weighted by Crippen LogP contribution is -2.36. The van der Waals surface area contributed by atoms with Crippen molar-refractivity contribution >= 4 is 22.8 Å². The van der Waals surface area contributed by atoms with Crippen LogP contribution >= 0.6 is 11.8 Å². The zero-order valence-electron chi connectivity index (χ0n) is 6.57. The van der Waals surface area contributed by atoms with Gasteiger partial charge in [-0.2, -0.15) is 0 Å².